The number of benzene rings is 7. The van der Waals surface area contributed by atoms with E-state index in [1.807, 2.05) is 30.9 Å². The van der Waals surface area contributed by atoms with Crippen LogP contribution in [-0.4, -0.2) is 19.5 Å². The first-order valence-corrected chi connectivity index (χ1v) is 21.2. The quantitative estimate of drug-likeness (QED) is 0.168. The molecule has 0 amide bonds. The van der Waals surface area contributed by atoms with Crippen LogP contribution in [0.15, 0.2) is 207 Å². The van der Waals surface area contributed by atoms with Crippen molar-refractivity contribution in [2.45, 2.75) is 19.3 Å². The molecule has 0 spiro atoms. The minimum absolute atomic E-state index is 0.0859. The lowest BCUT2D eigenvalue weighted by Crippen LogP contribution is -2.14. The monoisotopic (exact) mass is 792 g/mol. The number of hydrogen-bond acceptors (Lipinski definition) is 3. The molecule has 0 radical (unpaired) electrons. The van der Waals surface area contributed by atoms with Gasteiger partial charge in [0, 0.05) is 57.8 Å². The lowest BCUT2D eigenvalue weighted by atomic mass is 9.81. The predicted octanol–water partition coefficient (Wildman–Crippen LogP) is 14.8. The second-order valence-electron chi connectivity index (χ2n) is 16.9. The van der Waals surface area contributed by atoms with Crippen LogP contribution in [0.3, 0.4) is 0 Å². The van der Waals surface area contributed by atoms with E-state index >= 15 is 0 Å². The highest BCUT2D eigenvalue weighted by molar-refractivity contribution is 6.10. The molecular weight excluding hydrogens is 753 g/mol. The summed E-state index contributed by atoms with van der Waals surface area (Å²) < 4.78 is 2.37. The number of fused-ring (bicyclic) bond motifs is 7. The Morgan fingerprint density at radius 1 is 0.387 bits per heavy atom. The van der Waals surface area contributed by atoms with E-state index in [0.717, 1.165) is 61.3 Å². The van der Waals surface area contributed by atoms with E-state index in [2.05, 4.69) is 204 Å². The van der Waals surface area contributed by atoms with Crippen LogP contribution >= 0.6 is 0 Å². The molecule has 0 unspecified atom stereocenters. The Balaban J connectivity index is 0.922. The molecule has 292 valence electrons. The lowest BCUT2D eigenvalue weighted by Gasteiger charge is -2.22. The van der Waals surface area contributed by atoms with Crippen LogP contribution in [0.2, 0.25) is 0 Å². The molecule has 4 heterocycles. The van der Waals surface area contributed by atoms with Gasteiger partial charge in [0.25, 0.3) is 0 Å². The SMILES string of the molecule is CC1(C)c2ccccc2-c2ccc(-c3cc(-c4ccc(-c5ccc6c(c5)c5cnccc5n6-c5cccc(-c6cccc7ccccc67)c5)cc4)nc(-c4cccnc4)c3)cc21. The Morgan fingerprint density at radius 3 is 1.95 bits per heavy atom. The van der Waals surface area contributed by atoms with Gasteiger partial charge in [0.2, 0.25) is 0 Å². The third-order valence-electron chi connectivity index (χ3n) is 13.0. The molecule has 0 saturated heterocycles. The van der Waals surface area contributed by atoms with Crippen molar-refractivity contribution in [2.75, 3.05) is 0 Å². The Bertz CT molecular complexity index is 3540. The first-order chi connectivity index (χ1) is 30.5. The molecule has 11 aromatic rings. The molecule has 62 heavy (non-hydrogen) atoms. The summed E-state index contributed by atoms with van der Waals surface area (Å²) in [6.07, 6.45) is 7.59. The van der Waals surface area contributed by atoms with Gasteiger partial charge in [0.15, 0.2) is 0 Å². The Kier molecular flexibility index (Phi) is 8.16. The van der Waals surface area contributed by atoms with Crippen molar-refractivity contribution in [2.24, 2.45) is 0 Å². The topological polar surface area (TPSA) is 43.6 Å². The molecule has 0 bridgehead atoms. The van der Waals surface area contributed by atoms with Crippen molar-refractivity contribution in [1.29, 1.82) is 0 Å². The largest absolute Gasteiger partial charge is 0.309 e. The normalized spacial score (nSPS) is 12.8. The number of rotatable bonds is 6. The van der Waals surface area contributed by atoms with E-state index in [4.69, 9.17) is 4.98 Å². The number of nitrogens with zero attached hydrogens (tertiary/aromatic N) is 4. The summed E-state index contributed by atoms with van der Waals surface area (Å²) in [7, 11) is 0. The van der Waals surface area contributed by atoms with Crippen LogP contribution in [0.25, 0.3) is 105 Å². The molecule has 0 aliphatic heterocycles. The van der Waals surface area contributed by atoms with Crippen LogP contribution in [0, 0.1) is 0 Å². The maximum absolute atomic E-state index is 5.23. The van der Waals surface area contributed by atoms with Crippen molar-refractivity contribution in [1.82, 2.24) is 19.5 Å². The lowest BCUT2D eigenvalue weighted by molar-refractivity contribution is 0.660. The zero-order valence-electron chi connectivity index (χ0n) is 34.4. The molecule has 0 fully saturated rings. The molecule has 1 aliphatic rings. The van der Waals surface area contributed by atoms with Gasteiger partial charge in [-0.2, -0.15) is 0 Å². The van der Waals surface area contributed by atoms with E-state index in [9.17, 15) is 0 Å². The van der Waals surface area contributed by atoms with Gasteiger partial charge >= 0.3 is 0 Å². The van der Waals surface area contributed by atoms with Crippen LogP contribution in [0.4, 0.5) is 0 Å². The highest BCUT2D eigenvalue weighted by atomic mass is 15.0. The van der Waals surface area contributed by atoms with Crippen LogP contribution in [0.5, 0.6) is 0 Å². The molecule has 0 saturated carbocycles. The van der Waals surface area contributed by atoms with Gasteiger partial charge in [0.1, 0.15) is 0 Å². The summed E-state index contributed by atoms with van der Waals surface area (Å²) in [6.45, 7) is 4.67. The zero-order chi connectivity index (χ0) is 41.4. The molecule has 1 aliphatic carbocycles. The molecule has 0 atom stereocenters. The summed E-state index contributed by atoms with van der Waals surface area (Å²) in [4.78, 5) is 14.3. The molecule has 4 aromatic heterocycles. The zero-order valence-corrected chi connectivity index (χ0v) is 34.4. The first-order valence-electron chi connectivity index (χ1n) is 21.2. The van der Waals surface area contributed by atoms with Gasteiger partial charge in [-0.05, 0) is 127 Å². The second-order valence-corrected chi connectivity index (χ2v) is 16.9. The van der Waals surface area contributed by atoms with Crippen LogP contribution in [0.1, 0.15) is 25.0 Å². The predicted molar refractivity (Wildman–Crippen MR) is 256 cm³/mol. The Morgan fingerprint density at radius 2 is 1.06 bits per heavy atom. The fourth-order valence-corrected chi connectivity index (χ4v) is 9.84. The molecule has 12 rings (SSSR count). The molecule has 0 N–H and O–H groups in total. The third-order valence-corrected chi connectivity index (χ3v) is 13.0. The molecule has 4 nitrogen and oxygen atoms in total. The van der Waals surface area contributed by atoms with Gasteiger partial charge < -0.3 is 4.57 Å². The average Bonchev–Trinajstić information content (AvgIpc) is 3.79. The Hall–Kier alpha value is -7.95. The highest BCUT2D eigenvalue weighted by Crippen LogP contribution is 2.50. The van der Waals surface area contributed by atoms with Gasteiger partial charge in [-0.3, -0.25) is 9.97 Å². The second kappa shape index (κ2) is 14.1. The van der Waals surface area contributed by atoms with Gasteiger partial charge in [-0.1, -0.05) is 135 Å². The maximum atomic E-state index is 5.23. The Labute approximate surface area is 360 Å². The number of aromatic nitrogens is 4. The van der Waals surface area contributed by atoms with E-state index in [-0.39, 0.29) is 5.41 Å². The van der Waals surface area contributed by atoms with E-state index < -0.39 is 0 Å². The molecule has 4 heteroatoms. The van der Waals surface area contributed by atoms with E-state index in [1.54, 1.807) is 0 Å². The standard InChI is InChI=1S/C58H40N4/c1-58(2)52-18-6-5-16-48(52)49-25-23-41(32-53(49)58)44-33-54(61-55(34-44)43-13-9-28-59-35-43)39-21-19-37(20-22-39)40-24-26-56-50(31-40)51-36-60-29-27-57(51)62(56)45-14-7-12-42(30-45)47-17-8-11-38-10-3-4-15-46(38)47/h3-36H,1-2H3. The van der Waals surface area contributed by atoms with Crippen molar-refractivity contribution < 1.29 is 0 Å². The van der Waals surface area contributed by atoms with Crippen molar-refractivity contribution in [3.8, 4) is 72.7 Å². The molecular formula is C58H40N4. The summed E-state index contributed by atoms with van der Waals surface area (Å²) in [5, 5.41) is 4.78. The van der Waals surface area contributed by atoms with E-state index in [0.29, 0.717) is 0 Å². The summed E-state index contributed by atoms with van der Waals surface area (Å²) in [5.41, 5.74) is 19.6. The first kappa shape index (κ1) is 35.9. The van der Waals surface area contributed by atoms with Crippen LogP contribution < -0.4 is 0 Å². The average molecular weight is 793 g/mol. The highest BCUT2D eigenvalue weighted by Gasteiger charge is 2.35. The van der Waals surface area contributed by atoms with E-state index in [1.165, 1.54) is 55.1 Å². The fourth-order valence-electron chi connectivity index (χ4n) is 9.84. The van der Waals surface area contributed by atoms with Gasteiger partial charge in [0.05, 0.1) is 22.4 Å². The van der Waals surface area contributed by atoms with Crippen molar-refractivity contribution in [3.63, 3.8) is 0 Å². The summed E-state index contributed by atoms with van der Waals surface area (Å²) >= 11 is 0. The van der Waals surface area contributed by atoms with Crippen molar-refractivity contribution >= 4 is 32.6 Å². The fraction of sp³-hybridized carbons (Fsp3) is 0.0517. The smallest absolute Gasteiger partial charge is 0.0731 e. The summed E-state index contributed by atoms with van der Waals surface area (Å²) in [6, 6.07) is 66.0. The minimum Gasteiger partial charge on any atom is -0.309 e. The minimum atomic E-state index is -0.0859. The third kappa shape index (κ3) is 5.79. The van der Waals surface area contributed by atoms with Crippen molar-refractivity contribution in [3.05, 3.63) is 218 Å². The number of pyridine rings is 3. The summed E-state index contributed by atoms with van der Waals surface area (Å²) in [5.74, 6) is 0. The molecule has 7 aromatic carbocycles. The van der Waals surface area contributed by atoms with Gasteiger partial charge in [-0.25, -0.2) is 4.98 Å². The van der Waals surface area contributed by atoms with Crippen LogP contribution in [-0.2, 0) is 5.41 Å². The maximum Gasteiger partial charge on any atom is 0.0731 e. The number of hydrogen-bond donors (Lipinski definition) is 0. The van der Waals surface area contributed by atoms with Gasteiger partial charge in [-0.15, -0.1) is 0 Å².